The van der Waals surface area contributed by atoms with Crippen molar-refractivity contribution in [1.29, 1.82) is 0 Å². The van der Waals surface area contributed by atoms with E-state index in [1.807, 2.05) is 17.9 Å². The Balaban J connectivity index is 1.89. The quantitative estimate of drug-likeness (QED) is 0.769. The second kappa shape index (κ2) is 8.01. The number of nitrogens with zero attached hydrogens (tertiary/aromatic N) is 2. The molecule has 5 nitrogen and oxygen atoms in total. The van der Waals surface area contributed by atoms with E-state index in [4.69, 9.17) is 17.3 Å². The molecule has 0 bridgehead atoms. The van der Waals surface area contributed by atoms with Gasteiger partial charge in [0.05, 0.1) is 6.61 Å². The Morgan fingerprint density at radius 1 is 1.36 bits per heavy atom. The molecule has 1 heterocycles. The molecule has 0 aromatic heterocycles. The minimum Gasteiger partial charge on any atom is -0.395 e. The highest BCUT2D eigenvalue weighted by Crippen LogP contribution is 2.17. The zero-order valence-electron chi connectivity index (χ0n) is 12.5. The van der Waals surface area contributed by atoms with Gasteiger partial charge in [0.1, 0.15) is 0 Å². The Kier molecular flexibility index (Phi) is 6.31. The zero-order valence-corrected chi connectivity index (χ0v) is 14.9. The van der Waals surface area contributed by atoms with Gasteiger partial charge in [0.2, 0.25) is 0 Å². The summed E-state index contributed by atoms with van der Waals surface area (Å²) in [4.78, 5) is 16.4. The number of rotatable bonds is 3. The van der Waals surface area contributed by atoms with E-state index in [9.17, 15) is 4.79 Å². The Hall–Kier alpha value is -1.02. The molecule has 120 valence electrons. The first-order valence-corrected chi connectivity index (χ1v) is 8.41. The summed E-state index contributed by atoms with van der Waals surface area (Å²) >= 11 is 8.76. The lowest BCUT2D eigenvalue weighted by Gasteiger charge is -2.35. The number of hydrogen-bond acceptors (Lipinski definition) is 4. The van der Waals surface area contributed by atoms with Gasteiger partial charge in [0, 0.05) is 42.8 Å². The van der Waals surface area contributed by atoms with Crippen LogP contribution in [-0.2, 0) is 0 Å². The number of benzene rings is 1. The molecule has 1 aromatic carbocycles. The van der Waals surface area contributed by atoms with Gasteiger partial charge >= 0.3 is 0 Å². The summed E-state index contributed by atoms with van der Waals surface area (Å²) in [5.41, 5.74) is 1.66. The lowest BCUT2D eigenvalue weighted by Crippen LogP contribution is -2.53. The predicted molar refractivity (Wildman–Crippen MR) is 94.0 cm³/mol. The van der Waals surface area contributed by atoms with E-state index in [-0.39, 0.29) is 12.5 Å². The van der Waals surface area contributed by atoms with Gasteiger partial charge in [-0.2, -0.15) is 0 Å². The van der Waals surface area contributed by atoms with Gasteiger partial charge in [-0.05, 0) is 36.8 Å². The van der Waals surface area contributed by atoms with E-state index in [0.717, 1.165) is 36.2 Å². The zero-order chi connectivity index (χ0) is 16.1. The van der Waals surface area contributed by atoms with Crippen LogP contribution in [0.1, 0.15) is 15.9 Å². The largest absolute Gasteiger partial charge is 0.395 e. The monoisotopic (exact) mass is 385 g/mol. The molecule has 1 aliphatic rings. The standard InChI is InChI=1S/C15H20BrN3O2S/c1-11-2-3-12(10-13(11)16)14(21)17-15(22)19-6-4-18(5-7-19)8-9-20/h2-3,10,20H,4-9H2,1H3,(H,17,21,22). The van der Waals surface area contributed by atoms with Crippen molar-refractivity contribution in [2.75, 3.05) is 39.3 Å². The van der Waals surface area contributed by atoms with Gasteiger partial charge in [-0.25, -0.2) is 0 Å². The summed E-state index contributed by atoms with van der Waals surface area (Å²) in [7, 11) is 0. The van der Waals surface area contributed by atoms with Crippen LogP contribution in [0.5, 0.6) is 0 Å². The molecule has 0 unspecified atom stereocenters. The Labute approximate surface area is 144 Å². The average molecular weight is 386 g/mol. The van der Waals surface area contributed by atoms with E-state index < -0.39 is 0 Å². The summed E-state index contributed by atoms with van der Waals surface area (Å²) in [5.74, 6) is -0.191. The second-order valence-corrected chi connectivity index (χ2v) is 6.52. The van der Waals surface area contributed by atoms with Crippen LogP contribution in [0, 0.1) is 6.92 Å². The highest BCUT2D eigenvalue weighted by Gasteiger charge is 2.20. The van der Waals surface area contributed by atoms with E-state index in [1.54, 1.807) is 12.1 Å². The molecule has 0 saturated carbocycles. The van der Waals surface area contributed by atoms with Crippen LogP contribution in [0.15, 0.2) is 22.7 Å². The number of nitrogens with one attached hydrogen (secondary N) is 1. The number of amides is 1. The number of piperazine rings is 1. The highest BCUT2D eigenvalue weighted by molar-refractivity contribution is 9.10. The van der Waals surface area contributed by atoms with Gasteiger partial charge in [-0.1, -0.05) is 22.0 Å². The number of aliphatic hydroxyl groups excluding tert-OH is 1. The Morgan fingerprint density at radius 3 is 2.64 bits per heavy atom. The first kappa shape index (κ1) is 17.3. The lowest BCUT2D eigenvalue weighted by atomic mass is 10.1. The molecular weight excluding hydrogens is 366 g/mol. The Morgan fingerprint density at radius 2 is 2.05 bits per heavy atom. The molecule has 1 saturated heterocycles. The summed E-state index contributed by atoms with van der Waals surface area (Å²) in [6, 6.07) is 5.49. The van der Waals surface area contributed by atoms with Gasteiger partial charge in [-0.3, -0.25) is 15.0 Å². The van der Waals surface area contributed by atoms with Crippen LogP contribution in [0.3, 0.4) is 0 Å². The van der Waals surface area contributed by atoms with E-state index in [1.165, 1.54) is 0 Å². The number of aliphatic hydroxyl groups is 1. The summed E-state index contributed by atoms with van der Waals surface area (Å²) < 4.78 is 0.906. The van der Waals surface area contributed by atoms with E-state index in [2.05, 4.69) is 26.1 Å². The fraction of sp³-hybridized carbons (Fsp3) is 0.467. The average Bonchev–Trinajstić information content (AvgIpc) is 2.51. The van der Waals surface area contributed by atoms with Crippen LogP contribution in [0.25, 0.3) is 0 Å². The Bertz CT molecular complexity index is 560. The van der Waals surface area contributed by atoms with E-state index in [0.29, 0.717) is 17.2 Å². The van der Waals surface area contributed by atoms with Crippen molar-refractivity contribution >= 4 is 39.2 Å². The molecule has 0 atom stereocenters. The smallest absolute Gasteiger partial charge is 0.257 e. The molecule has 1 aromatic rings. The number of halogens is 1. The van der Waals surface area contributed by atoms with Crippen molar-refractivity contribution < 1.29 is 9.90 Å². The lowest BCUT2D eigenvalue weighted by molar-refractivity contribution is 0.0968. The molecule has 2 N–H and O–H groups in total. The first-order valence-electron chi connectivity index (χ1n) is 7.21. The SMILES string of the molecule is Cc1ccc(C(=O)NC(=S)N2CCN(CCO)CC2)cc1Br. The van der Waals surface area contributed by atoms with Crippen molar-refractivity contribution in [1.82, 2.24) is 15.1 Å². The van der Waals surface area contributed by atoms with E-state index >= 15 is 0 Å². The summed E-state index contributed by atoms with van der Waals surface area (Å²) in [5, 5.41) is 12.2. The molecule has 1 amide bonds. The van der Waals surface area contributed by atoms with Crippen LogP contribution < -0.4 is 5.32 Å². The minimum absolute atomic E-state index is 0.170. The third-order valence-electron chi connectivity index (χ3n) is 3.73. The number of carbonyl (C=O) groups excluding carboxylic acids is 1. The fourth-order valence-electron chi connectivity index (χ4n) is 2.30. The molecule has 22 heavy (non-hydrogen) atoms. The van der Waals surface area contributed by atoms with Crippen molar-refractivity contribution in [2.45, 2.75) is 6.92 Å². The molecular formula is C15H20BrN3O2S. The second-order valence-electron chi connectivity index (χ2n) is 5.28. The predicted octanol–water partition coefficient (Wildman–Crippen LogP) is 1.38. The van der Waals surface area contributed by atoms with Crippen molar-refractivity contribution in [2.24, 2.45) is 0 Å². The van der Waals surface area contributed by atoms with Crippen molar-refractivity contribution in [3.63, 3.8) is 0 Å². The number of thiocarbonyl (C=S) groups is 1. The molecule has 1 fully saturated rings. The fourth-order valence-corrected chi connectivity index (χ4v) is 2.95. The normalized spacial score (nSPS) is 15.7. The number of β-amino-alcohol motifs (C(OH)–C–C–N with tert-alkyl or cyclic N) is 1. The van der Waals surface area contributed by atoms with Gasteiger partial charge in [0.25, 0.3) is 5.91 Å². The summed E-state index contributed by atoms with van der Waals surface area (Å²) in [6.45, 7) is 6.03. The van der Waals surface area contributed by atoms with Crippen LogP contribution in [0.2, 0.25) is 0 Å². The first-order chi connectivity index (χ1) is 10.5. The van der Waals surface area contributed by atoms with Crippen LogP contribution >= 0.6 is 28.1 Å². The van der Waals surface area contributed by atoms with Gasteiger partial charge in [-0.15, -0.1) is 0 Å². The molecule has 7 heteroatoms. The maximum absolute atomic E-state index is 12.2. The third kappa shape index (κ3) is 4.49. The van der Waals surface area contributed by atoms with Crippen molar-refractivity contribution in [3.05, 3.63) is 33.8 Å². The minimum atomic E-state index is -0.191. The molecule has 1 aliphatic heterocycles. The molecule has 2 rings (SSSR count). The molecule has 0 radical (unpaired) electrons. The molecule has 0 spiro atoms. The maximum Gasteiger partial charge on any atom is 0.257 e. The van der Waals surface area contributed by atoms with Crippen molar-refractivity contribution in [3.8, 4) is 0 Å². The molecule has 0 aliphatic carbocycles. The third-order valence-corrected chi connectivity index (χ3v) is 4.94. The van der Waals surface area contributed by atoms with Gasteiger partial charge in [0.15, 0.2) is 5.11 Å². The maximum atomic E-state index is 12.2. The highest BCUT2D eigenvalue weighted by atomic mass is 79.9. The van der Waals surface area contributed by atoms with Crippen LogP contribution in [-0.4, -0.2) is 65.3 Å². The van der Waals surface area contributed by atoms with Crippen LogP contribution in [0.4, 0.5) is 0 Å². The summed E-state index contributed by atoms with van der Waals surface area (Å²) in [6.07, 6.45) is 0. The number of hydrogen-bond donors (Lipinski definition) is 2. The number of carbonyl (C=O) groups is 1. The number of aryl methyl sites for hydroxylation is 1. The topological polar surface area (TPSA) is 55.8 Å². The van der Waals surface area contributed by atoms with Gasteiger partial charge < -0.3 is 10.0 Å².